The molecule has 4 atom stereocenters. The molecule has 0 spiro atoms. The van der Waals surface area contributed by atoms with E-state index in [4.69, 9.17) is 13.8 Å². The summed E-state index contributed by atoms with van der Waals surface area (Å²) in [5.74, 6) is 0. The second-order valence-corrected chi connectivity index (χ2v) is 7.35. The summed E-state index contributed by atoms with van der Waals surface area (Å²) in [4.78, 5) is 25.3. The number of aromatic amines is 1. The predicted octanol–water partition coefficient (Wildman–Crippen LogP) is 0.742. The molecule has 1 unspecified atom stereocenters. The number of H-pyrrole nitrogens is 1. The third kappa shape index (κ3) is 2.51. The molecule has 7 nitrogen and oxygen atoms in total. The molecule has 2 aliphatic rings. The Balaban J connectivity index is 1.88. The van der Waals surface area contributed by atoms with Crippen LogP contribution in [-0.2, 0) is 25.6 Å². The van der Waals surface area contributed by atoms with Gasteiger partial charge in [-0.2, -0.15) is 4.20 Å². The molecular weight excluding hydrogens is 310 g/mol. The number of aryl methyl sites for hydroxylation is 1. The Morgan fingerprint density at radius 1 is 1.50 bits per heavy atom. The van der Waals surface area contributed by atoms with Gasteiger partial charge in [0.15, 0.2) is 0 Å². The highest BCUT2D eigenvalue weighted by atomic mass is 32.5. The summed E-state index contributed by atoms with van der Waals surface area (Å²) in [6.45, 7) is -2.11. The van der Waals surface area contributed by atoms with Crippen LogP contribution in [0, 0.1) is 6.92 Å². The summed E-state index contributed by atoms with van der Waals surface area (Å²) >= 11 is 4.57. The number of ether oxygens (including phenoxy) is 1. The summed E-state index contributed by atoms with van der Waals surface area (Å²) in [6, 6.07) is 0. The maximum absolute atomic E-state index is 13.5. The van der Waals surface area contributed by atoms with Crippen LogP contribution in [0.15, 0.2) is 15.8 Å². The van der Waals surface area contributed by atoms with Gasteiger partial charge in [-0.1, -0.05) is 0 Å². The summed E-state index contributed by atoms with van der Waals surface area (Å²) < 4.78 is 30.3. The zero-order valence-corrected chi connectivity index (χ0v) is 12.2. The van der Waals surface area contributed by atoms with Crippen molar-refractivity contribution in [3.8, 4) is 0 Å². The van der Waals surface area contributed by atoms with Gasteiger partial charge in [-0.05, 0) is 18.7 Å². The van der Waals surface area contributed by atoms with Gasteiger partial charge in [-0.25, -0.2) is 4.79 Å². The lowest BCUT2D eigenvalue weighted by molar-refractivity contribution is -0.0570. The fourth-order valence-electron chi connectivity index (χ4n) is 2.29. The normalized spacial score (nSPS) is 36.8. The molecule has 3 rings (SSSR count). The van der Waals surface area contributed by atoms with Crippen LogP contribution < -0.4 is 11.2 Å². The fourth-order valence-corrected chi connectivity index (χ4v) is 3.73. The number of hydrogen-bond acceptors (Lipinski definition) is 6. The van der Waals surface area contributed by atoms with Gasteiger partial charge in [0.05, 0.1) is 6.61 Å². The average molecular weight is 322 g/mol. The van der Waals surface area contributed by atoms with Crippen molar-refractivity contribution in [1.82, 2.24) is 9.55 Å². The second-order valence-electron chi connectivity index (χ2n) is 4.71. The van der Waals surface area contributed by atoms with Crippen molar-refractivity contribution < 1.29 is 18.0 Å². The standard InChI is InChI=1S/C10H12FN2O5PS/c1-5-3-13(10(15)12-9(5)14)8-2-6-7(17-8)4-16-19(11,20)18-6/h3,6-8H,2,4H2,1H3,(H,12,14,15)/t6-,7+,8+,19?/m0/s1. The van der Waals surface area contributed by atoms with Crippen LogP contribution in [0.3, 0.4) is 0 Å². The molecule has 0 amide bonds. The number of hydrogen-bond donors (Lipinski definition) is 1. The molecule has 0 aromatic carbocycles. The Morgan fingerprint density at radius 2 is 2.25 bits per heavy atom. The monoisotopic (exact) mass is 322 g/mol. The summed E-state index contributed by atoms with van der Waals surface area (Å²) in [6.07, 6.45) is 0.0523. The molecule has 2 saturated heterocycles. The first-order valence-electron chi connectivity index (χ1n) is 5.96. The molecule has 1 aromatic rings. The Kier molecular flexibility index (Phi) is 3.42. The van der Waals surface area contributed by atoms with Crippen LogP contribution in [0.1, 0.15) is 18.2 Å². The first-order valence-corrected chi connectivity index (χ1v) is 8.49. The van der Waals surface area contributed by atoms with E-state index in [0.717, 1.165) is 0 Å². The molecule has 20 heavy (non-hydrogen) atoms. The van der Waals surface area contributed by atoms with E-state index in [0.29, 0.717) is 5.56 Å². The van der Waals surface area contributed by atoms with Crippen LogP contribution in [-0.4, -0.2) is 28.4 Å². The van der Waals surface area contributed by atoms with Gasteiger partial charge in [-0.3, -0.25) is 18.9 Å². The first-order chi connectivity index (χ1) is 9.35. The number of rotatable bonds is 1. The molecule has 110 valence electrons. The van der Waals surface area contributed by atoms with Crippen LogP contribution in [0.5, 0.6) is 0 Å². The largest absolute Gasteiger partial charge is 0.366 e. The number of aromatic nitrogens is 2. The lowest BCUT2D eigenvalue weighted by Gasteiger charge is -2.28. The summed E-state index contributed by atoms with van der Waals surface area (Å²) in [5, 5.41) is 0. The second kappa shape index (κ2) is 4.85. The molecule has 10 heteroatoms. The Morgan fingerprint density at radius 3 is 3.00 bits per heavy atom. The Hall–Kier alpha value is -0.860. The van der Waals surface area contributed by atoms with Crippen molar-refractivity contribution in [2.45, 2.75) is 31.8 Å². The van der Waals surface area contributed by atoms with E-state index < -0.39 is 36.5 Å². The molecule has 2 fully saturated rings. The van der Waals surface area contributed by atoms with Crippen LogP contribution in [0.4, 0.5) is 4.20 Å². The number of nitrogens with zero attached hydrogens (tertiary/aromatic N) is 1. The van der Waals surface area contributed by atoms with E-state index in [1.54, 1.807) is 6.92 Å². The third-order valence-electron chi connectivity index (χ3n) is 3.29. The Labute approximate surface area is 118 Å². The van der Waals surface area contributed by atoms with Crippen molar-refractivity contribution in [1.29, 1.82) is 0 Å². The van der Waals surface area contributed by atoms with E-state index in [9.17, 15) is 13.8 Å². The highest BCUT2D eigenvalue weighted by Gasteiger charge is 2.45. The molecule has 3 heterocycles. The van der Waals surface area contributed by atoms with Gasteiger partial charge in [0, 0.05) is 18.2 Å². The van der Waals surface area contributed by atoms with Crippen molar-refractivity contribution in [2.75, 3.05) is 6.61 Å². The van der Waals surface area contributed by atoms with E-state index in [1.165, 1.54) is 10.8 Å². The minimum atomic E-state index is -3.70. The van der Waals surface area contributed by atoms with Gasteiger partial charge < -0.3 is 9.26 Å². The zero-order chi connectivity index (χ0) is 14.5. The summed E-state index contributed by atoms with van der Waals surface area (Å²) in [7, 11) is 0. The van der Waals surface area contributed by atoms with Crippen molar-refractivity contribution in [3.63, 3.8) is 0 Å². The van der Waals surface area contributed by atoms with Crippen LogP contribution in [0.2, 0.25) is 0 Å². The van der Waals surface area contributed by atoms with E-state index in [-0.39, 0.29) is 13.0 Å². The minimum absolute atomic E-state index is 0.00598. The lowest BCUT2D eigenvalue weighted by Crippen LogP contribution is -2.33. The molecule has 0 saturated carbocycles. The fraction of sp³-hybridized carbons (Fsp3) is 0.600. The van der Waals surface area contributed by atoms with Gasteiger partial charge in [0.25, 0.3) is 5.56 Å². The molecule has 0 bridgehead atoms. The maximum Gasteiger partial charge on any atom is 0.366 e. The smallest absolute Gasteiger partial charge is 0.349 e. The molecule has 1 aromatic heterocycles. The lowest BCUT2D eigenvalue weighted by atomic mass is 10.2. The molecule has 1 N–H and O–H groups in total. The van der Waals surface area contributed by atoms with E-state index in [2.05, 4.69) is 16.8 Å². The molecular formula is C10H12FN2O5PS. The van der Waals surface area contributed by atoms with Crippen molar-refractivity contribution >= 4 is 18.6 Å². The zero-order valence-electron chi connectivity index (χ0n) is 10.4. The first kappa shape index (κ1) is 14.1. The van der Waals surface area contributed by atoms with E-state index >= 15 is 0 Å². The van der Waals surface area contributed by atoms with Crippen LogP contribution in [0.25, 0.3) is 0 Å². The highest BCUT2D eigenvalue weighted by molar-refractivity contribution is 8.07. The highest BCUT2D eigenvalue weighted by Crippen LogP contribution is 2.57. The minimum Gasteiger partial charge on any atom is -0.349 e. The van der Waals surface area contributed by atoms with Gasteiger partial charge in [-0.15, -0.1) is 0 Å². The number of halogens is 1. The number of fused-ring (bicyclic) bond motifs is 1. The predicted molar refractivity (Wildman–Crippen MR) is 70.8 cm³/mol. The average Bonchev–Trinajstić information content (AvgIpc) is 2.74. The third-order valence-corrected chi connectivity index (χ3v) is 4.85. The van der Waals surface area contributed by atoms with Gasteiger partial charge in [0.1, 0.15) is 18.4 Å². The van der Waals surface area contributed by atoms with Crippen molar-refractivity contribution in [3.05, 3.63) is 32.6 Å². The SMILES string of the molecule is Cc1cn([C@H]2C[C@@H]3OP(F)(=S)OC[C@H]3O2)c(=O)[nH]c1=O. The maximum atomic E-state index is 13.5. The van der Waals surface area contributed by atoms with Gasteiger partial charge >= 0.3 is 12.5 Å². The van der Waals surface area contributed by atoms with Crippen LogP contribution >= 0.6 is 6.80 Å². The quantitative estimate of drug-likeness (QED) is 0.768. The Bertz CT molecular complexity index is 704. The van der Waals surface area contributed by atoms with Crippen molar-refractivity contribution in [2.24, 2.45) is 0 Å². The van der Waals surface area contributed by atoms with E-state index in [1.807, 2.05) is 0 Å². The summed E-state index contributed by atoms with van der Waals surface area (Å²) in [5.41, 5.74) is -0.638. The topological polar surface area (TPSA) is 82.6 Å². The molecule has 0 aliphatic carbocycles. The molecule has 0 radical (unpaired) electrons. The van der Waals surface area contributed by atoms with Gasteiger partial charge in [0.2, 0.25) is 0 Å². The number of nitrogens with one attached hydrogen (secondary N) is 1. The molecule has 2 aliphatic heterocycles.